The average molecular weight is 308 g/mol. The number of hydrogen-bond donors (Lipinski definition) is 0. The minimum atomic E-state index is -0.377. The molecule has 5 heteroatoms. The maximum absolute atomic E-state index is 11.7. The van der Waals surface area contributed by atoms with Crippen LogP contribution in [0.1, 0.15) is 25.8 Å². The monoisotopic (exact) mass is 308 g/mol. The molecule has 0 saturated carbocycles. The molecule has 0 aromatic heterocycles. The van der Waals surface area contributed by atoms with Gasteiger partial charge in [0.25, 0.3) is 0 Å². The number of ether oxygens (including phenoxy) is 4. The van der Waals surface area contributed by atoms with Gasteiger partial charge in [0.05, 0.1) is 27.9 Å². The molecule has 0 aliphatic heterocycles. The van der Waals surface area contributed by atoms with Crippen molar-refractivity contribution in [3.63, 3.8) is 0 Å². The molecule has 122 valence electrons. The molecule has 22 heavy (non-hydrogen) atoms. The van der Waals surface area contributed by atoms with Crippen LogP contribution >= 0.6 is 0 Å². The number of methoxy groups -OCH3 is 3. The van der Waals surface area contributed by atoms with Gasteiger partial charge in [-0.05, 0) is 24.5 Å². The molecule has 0 aliphatic rings. The summed E-state index contributed by atoms with van der Waals surface area (Å²) in [5, 5.41) is 0. The molecule has 0 fully saturated rings. The number of rotatable bonds is 8. The molecular weight excluding hydrogens is 284 g/mol. The molecule has 0 saturated heterocycles. The standard InChI is InChI=1S/C17H24O5/c1-12(2)8-9-22-17(18)7-6-13-10-15(20-4)16(21-5)11-14(13)19-3/h6-7,10-12H,8-9H2,1-5H3. The number of carbonyl (C=O) groups is 1. The van der Waals surface area contributed by atoms with Gasteiger partial charge in [-0.2, -0.15) is 0 Å². The van der Waals surface area contributed by atoms with Crippen LogP contribution in [0.3, 0.4) is 0 Å². The van der Waals surface area contributed by atoms with Gasteiger partial charge in [0.15, 0.2) is 11.5 Å². The fourth-order valence-corrected chi connectivity index (χ4v) is 1.78. The van der Waals surface area contributed by atoms with Crippen molar-refractivity contribution in [1.82, 2.24) is 0 Å². The summed E-state index contributed by atoms with van der Waals surface area (Å²) in [6, 6.07) is 3.46. The smallest absolute Gasteiger partial charge is 0.330 e. The second kappa shape index (κ2) is 8.97. The van der Waals surface area contributed by atoms with Crippen LogP contribution in [0.4, 0.5) is 0 Å². The largest absolute Gasteiger partial charge is 0.496 e. The van der Waals surface area contributed by atoms with Gasteiger partial charge in [-0.15, -0.1) is 0 Å². The Morgan fingerprint density at radius 2 is 1.64 bits per heavy atom. The molecule has 0 atom stereocenters. The number of carbonyl (C=O) groups excluding carboxylic acids is 1. The minimum absolute atomic E-state index is 0.377. The van der Waals surface area contributed by atoms with Crippen molar-refractivity contribution < 1.29 is 23.7 Å². The van der Waals surface area contributed by atoms with Gasteiger partial charge >= 0.3 is 5.97 Å². The fraction of sp³-hybridized carbons (Fsp3) is 0.471. The van der Waals surface area contributed by atoms with E-state index in [1.807, 2.05) is 0 Å². The molecule has 0 radical (unpaired) electrons. The topological polar surface area (TPSA) is 54.0 Å². The van der Waals surface area contributed by atoms with E-state index < -0.39 is 0 Å². The summed E-state index contributed by atoms with van der Waals surface area (Å²) in [6.45, 7) is 4.58. The summed E-state index contributed by atoms with van der Waals surface area (Å²) in [7, 11) is 4.66. The van der Waals surface area contributed by atoms with Crippen LogP contribution in [0.5, 0.6) is 17.2 Å². The van der Waals surface area contributed by atoms with Crippen molar-refractivity contribution in [3.8, 4) is 17.2 Å². The summed E-state index contributed by atoms with van der Waals surface area (Å²) < 4.78 is 20.9. The Balaban J connectivity index is 2.82. The third kappa shape index (κ3) is 5.31. The van der Waals surface area contributed by atoms with Gasteiger partial charge in [0, 0.05) is 17.7 Å². The molecule has 1 rings (SSSR count). The van der Waals surface area contributed by atoms with E-state index in [-0.39, 0.29) is 5.97 Å². The van der Waals surface area contributed by atoms with Gasteiger partial charge in [-0.1, -0.05) is 13.8 Å². The first-order valence-electron chi connectivity index (χ1n) is 7.16. The second-order valence-electron chi connectivity index (χ2n) is 5.13. The van der Waals surface area contributed by atoms with Crippen LogP contribution in [0.15, 0.2) is 18.2 Å². The highest BCUT2D eigenvalue weighted by molar-refractivity contribution is 5.87. The molecule has 0 amide bonds. The highest BCUT2D eigenvalue weighted by Crippen LogP contribution is 2.35. The lowest BCUT2D eigenvalue weighted by Crippen LogP contribution is -2.04. The number of hydrogen-bond acceptors (Lipinski definition) is 5. The first-order valence-corrected chi connectivity index (χ1v) is 7.16. The number of esters is 1. The maximum Gasteiger partial charge on any atom is 0.330 e. The van der Waals surface area contributed by atoms with E-state index in [1.54, 1.807) is 39.5 Å². The van der Waals surface area contributed by atoms with Crippen molar-refractivity contribution in [1.29, 1.82) is 0 Å². The zero-order chi connectivity index (χ0) is 16.5. The summed E-state index contributed by atoms with van der Waals surface area (Å²) in [6.07, 6.45) is 3.86. The van der Waals surface area contributed by atoms with Crippen LogP contribution in [0.25, 0.3) is 6.08 Å². The molecule has 0 spiro atoms. The van der Waals surface area contributed by atoms with Crippen molar-refractivity contribution in [3.05, 3.63) is 23.8 Å². The lowest BCUT2D eigenvalue weighted by atomic mass is 10.1. The molecule has 0 aliphatic carbocycles. The third-order valence-corrected chi connectivity index (χ3v) is 3.07. The van der Waals surface area contributed by atoms with Gasteiger partial charge in [0.1, 0.15) is 5.75 Å². The highest BCUT2D eigenvalue weighted by atomic mass is 16.5. The van der Waals surface area contributed by atoms with Gasteiger partial charge < -0.3 is 18.9 Å². The molecule has 0 bridgehead atoms. The Hall–Kier alpha value is -2.17. The summed E-state index contributed by atoms with van der Waals surface area (Å²) in [5.41, 5.74) is 0.709. The molecule has 0 heterocycles. The van der Waals surface area contributed by atoms with E-state index in [2.05, 4.69) is 13.8 Å². The summed E-state index contributed by atoms with van der Waals surface area (Å²) >= 11 is 0. The lowest BCUT2D eigenvalue weighted by Gasteiger charge is -2.12. The van der Waals surface area contributed by atoms with Gasteiger partial charge in [0.2, 0.25) is 0 Å². The molecule has 5 nitrogen and oxygen atoms in total. The predicted octanol–water partition coefficient (Wildman–Crippen LogP) is 3.31. The molecule has 0 N–H and O–H groups in total. The van der Waals surface area contributed by atoms with E-state index >= 15 is 0 Å². The Kier molecular flexibility index (Phi) is 7.29. The van der Waals surface area contributed by atoms with Crippen molar-refractivity contribution in [2.75, 3.05) is 27.9 Å². The Morgan fingerprint density at radius 3 is 2.18 bits per heavy atom. The third-order valence-electron chi connectivity index (χ3n) is 3.07. The quantitative estimate of drug-likeness (QED) is 0.545. The van der Waals surface area contributed by atoms with Gasteiger partial charge in [-0.25, -0.2) is 4.79 Å². The normalized spacial score (nSPS) is 10.8. The fourth-order valence-electron chi connectivity index (χ4n) is 1.78. The van der Waals surface area contributed by atoms with Crippen LogP contribution in [0, 0.1) is 5.92 Å². The Labute approximate surface area is 131 Å². The van der Waals surface area contributed by atoms with Crippen LogP contribution in [-0.2, 0) is 9.53 Å². The van der Waals surface area contributed by atoms with Crippen molar-refractivity contribution >= 4 is 12.0 Å². The lowest BCUT2D eigenvalue weighted by molar-refractivity contribution is -0.137. The molecular formula is C17H24O5. The van der Waals surface area contributed by atoms with E-state index in [0.29, 0.717) is 35.3 Å². The maximum atomic E-state index is 11.7. The molecule has 1 aromatic rings. The summed E-state index contributed by atoms with van der Waals surface area (Å²) in [5.74, 6) is 1.84. The predicted molar refractivity (Wildman–Crippen MR) is 85.5 cm³/mol. The zero-order valence-corrected chi connectivity index (χ0v) is 13.8. The van der Waals surface area contributed by atoms with Crippen LogP contribution in [0.2, 0.25) is 0 Å². The first kappa shape index (κ1) is 17.9. The van der Waals surface area contributed by atoms with Crippen LogP contribution < -0.4 is 14.2 Å². The van der Waals surface area contributed by atoms with E-state index in [9.17, 15) is 4.79 Å². The van der Waals surface area contributed by atoms with Crippen molar-refractivity contribution in [2.24, 2.45) is 5.92 Å². The van der Waals surface area contributed by atoms with Crippen LogP contribution in [-0.4, -0.2) is 33.9 Å². The highest BCUT2D eigenvalue weighted by Gasteiger charge is 2.10. The first-order chi connectivity index (χ1) is 10.5. The Bertz CT molecular complexity index is 520. The van der Waals surface area contributed by atoms with E-state index in [0.717, 1.165) is 6.42 Å². The summed E-state index contributed by atoms with van der Waals surface area (Å²) in [4.78, 5) is 11.7. The Morgan fingerprint density at radius 1 is 1.05 bits per heavy atom. The van der Waals surface area contributed by atoms with E-state index in [4.69, 9.17) is 18.9 Å². The second-order valence-corrected chi connectivity index (χ2v) is 5.13. The molecule has 1 aromatic carbocycles. The molecule has 0 unspecified atom stereocenters. The average Bonchev–Trinajstić information content (AvgIpc) is 2.51. The number of benzene rings is 1. The SMILES string of the molecule is COc1cc(OC)c(OC)cc1C=CC(=O)OCCC(C)C. The van der Waals surface area contributed by atoms with Gasteiger partial charge in [-0.3, -0.25) is 0 Å². The minimum Gasteiger partial charge on any atom is -0.496 e. The zero-order valence-electron chi connectivity index (χ0n) is 13.8. The van der Waals surface area contributed by atoms with Crippen molar-refractivity contribution in [2.45, 2.75) is 20.3 Å². The van der Waals surface area contributed by atoms with E-state index in [1.165, 1.54) is 6.08 Å².